The topological polar surface area (TPSA) is 171 Å². The highest BCUT2D eigenvalue weighted by molar-refractivity contribution is 5.94. The molecule has 4 atom stereocenters. The molecule has 0 saturated carbocycles. The summed E-state index contributed by atoms with van der Waals surface area (Å²) in [4.78, 5) is 50.2. The molecule has 2 aromatic carbocycles. The molecular weight excluding hydrogens is 464 g/mol. The van der Waals surface area contributed by atoms with Gasteiger partial charge in [-0.2, -0.15) is 0 Å². The summed E-state index contributed by atoms with van der Waals surface area (Å²) in [5.41, 5.74) is 6.75. The van der Waals surface area contributed by atoms with E-state index in [0.717, 1.165) is 5.56 Å². The van der Waals surface area contributed by atoms with Gasteiger partial charge in [0.2, 0.25) is 17.7 Å². The number of nitrogens with one attached hydrogen (secondary N) is 3. The van der Waals surface area contributed by atoms with E-state index < -0.39 is 41.8 Å². The van der Waals surface area contributed by atoms with Crippen LogP contribution in [-0.2, 0) is 32.0 Å². The predicted molar refractivity (Wildman–Crippen MR) is 134 cm³/mol. The Hall–Kier alpha value is -3.92. The number of carboxylic acid groups (broad SMARTS) is 1. The van der Waals surface area contributed by atoms with E-state index in [-0.39, 0.29) is 31.1 Å². The third kappa shape index (κ3) is 8.70. The largest absolute Gasteiger partial charge is 0.508 e. The van der Waals surface area contributed by atoms with Crippen LogP contribution in [0.5, 0.6) is 5.75 Å². The third-order valence-electron chi connectivity index (χ3n) is 5.90. The summed E-state index contributed by atoms with van der Waals surface area (Å²) in [6, 6.07) is 11.7. The molecule has 0 saturated heterocycles. The van der Waals surface area contributed by atoms with E-state index in [1.165, 1.54) is 12.1 Å². The van der Waals surface area contributed by atoms with Crippen LogP contribution in [0.1, 0.15) is 31.4 Å². The van der Waals surface area contributed by atoms with Crippen molar-refractivity contribution in [3.05, 3.63) is 65.7 Å². The summed E-state index contributed by atoms with van der Waals surface area (Å²) in [7, 11) is 0. The molecule has 0 aliphatic carbocycles. The molecule has 0 fully saturated rings. The van der Waals surface area contributed by atoms with Crippen LogP contribution in [0.4, 0.5) is 0 Å². The summed E-state index contributed by atoms with van der Waals surface area (Å²) < 4.78 is 0. The van der Waals surface area contributed by atoms with Crippen molar-refractivity contribution in [2.24, 2.45) is 11.7 Å². The SMILES string of the molecule is CCC(C)C(NC(=O)CN)C(=O)NC(Cc1ccccc1)C(=O)NC(Cc1ccc(O)cc1)C(=O)O. The number of carbonyl (C=O) groups excluding carboxylic acids is 3. The Kier molecular flexibility index (Phi) is 10.9. The quantitative estimate of drug-likeness (QED) is 0.236. The Morgan fingerprint density at radius 2 is 1.39 bits per heavy atom. The zero-order valence-electron chi connectivity index (χ0n) is 20.4. The number of nitrogens with two attached hydrogens (primary N) is 1. The fourth-order valence-electron chi connectivity index (χ4n) is 3.59. The number of amides is 3. The summed E-state index contributed by atoms with van der Waals surface area (Å²) in [6.07, 6.45) is 0.684. The summed E-state index contributed by atoms with van der Waals surface area (Å²) in [5.74, 6) is -3.17. The van der Waals surface area contributed by atoms with Gasteiger partial charge in [0.05, 0.1) is 6.54 Å². The molecule has 0 aliphatic heterocycles. The van der Waals surface area contributed by atoms with Gasteiger partial charge in [0, 0.05) is 12.8 Å². The first kappa shape index (κ1) is 28.3. The second-order valence-electron chi connectivity index (χ2n) is 8.66. The summed E-state index contributed by atoms with van der Waals surface area (Å²) >= 11 is 0. The van der Waals surface area contributed by atoms with Crippen molar-refractivity contribution >= 4 is 23.7 Å². The van der Waals surface area contributed by atoms with Crippen LogP contribution in [0, 0.1) is 5.92 Å². The standard InChI is InChI=1S/C26H34N4O6/c1-3-16(2)23(30-22(32)15-27)25(34)28-20(13-17-7-5-4-6-8-17)24(33)29-21(26(35)36)14-18-9-11-19(31)12-10-18/h4-12,16,20-21,23,31H,3,13-15,27H2,1-2H3,(H,28,34)(H,29,33)(H,30,32)(H,35,36). The normalized spacial score (nSPS) is 14.1. The van der Waals surface area contributed by atoms with E-state index in [1.807, 2.05) is 13.0 Å². The minimum Gasteiger partial charge on any atom is -0.508 e. The lowest BCUT2D eigenvalue weighted by Gasteiger charge is -2.27. The highest BCUT2D eigenvalue weighted by Gasteiger charge is 2.31. The van der Waals surface area contributed by atoms with Crippen LogP contribution in [0.3, 0.4) is 0 Å². The van der Waals surface area contributed by atoms with Gasteiger partial charge < -0.3 is 31.9 Å². The highest BCUT2D eigenvalue weighted by atomic mass is 16.4. The van der Waals surface area contributed by atoms with Crippen molar-refractivity contribution in [3.8, 4) is 5.75 Å². The van der Waals surface area contributed by atoms with Crippen molar-refractivity contribution in [2.45, 2.75) is 51.2 Å². The van der Waals surface area contributed by atoms with E-state index in [9.17, 15) is 29.4 Å². The number of rotatable bonds is 13. The molecule has 4 unspecified atom stereocenters. The lowest BCUT2D eigenvalue weighted by atomic mass is 9.97. The maximum Gasteiger partial charge on any atom is 0.326 e. The molecule has 0 bridgehead atoms. The van der Waals surface area contributed by atoms with E-state index in [2.05, 4.69) is 16.0 Å². The van der Waals surface area contributed by atoms with Crippen LogP contribution >= 0.6 is 0 Å². The van der Waals surface area contributed by atoms with Gasteiger partial charge in [0.1, 0.15) is 23.9 Å². The average molecular weight is 499 g/mol. The first-order valence-corrected chi connectivity index (χ1v) is 11.8. The Balaban J connectivity index is 2.25. The van der Waals surface area contributed by atoms with Gasteiger partial charge in [-0.25, -0.2) is 4.79 Å². The Bertz CT molecular complexity index is 1030. The fraction of sp³-hybridized carbons (Fsp3) is 0.385. The molecule has 0 aliphatic rings. The van der Waals surface area contributed by atoms with Gasteiger partial charge >= 0.3 is 5.97 Å². The summed E-state index contributed by atoms with van der Waals surface area (Å²) in [6.45, 7) is 3.38. The average Bonchev–Trinajstić information content (AvgIpc) is 2.87. The Labute approximate surface area is 210 Å². The minimum atomic E-state index is -1.26. The van der Waals surface area contributed by atoms with Gasteiger partial charge in [-0.3, -0.25) is 14.4 Å². The first-order valence-electron chi connectivity index (χ1n) is 11.8. The first-order chi connectivity index (χ1) is 17.1. The maximum atomic E-state index is 13.2. The minimum absolute atomic E-state index is 0.0184. The molecule has 3 amide bonds. The van der Waals surface area contributed by atoms with Crippen LogP contribution in [0.15, 0.2) is 54.6 Å². The fourth-order valence-corrected chi connectivity index (χ4v) is 3.59. The van der Waals surface area contributed by atoms with Crippen LogP contribution in [0.2, 0.25) is 0 Å². The van der Waals surface area contributed by atoms with E-state index >= 15 is 0 Å². The van der Waals surface area contributed by atoms with Gasteiger partial charge in [-0.1, -0.05) is 62.7 Å². The number of carboxylic acids is 1. The molecule has 2 aromatic rings. The number of benzene rings is 2. The van der Waals surface area contributed by atoms with Crippen molar-refractivity contribution in [3.63, 3.8) is 0 Å². The maximum absolute atomic E-state index is 13.2. The smallest absolute Gasteiger partial charge is 0.326 e. The van der Waals surface area contributed by atoms with Gasteiger partial charge in [-0.15, -0.1) is 0 Å². The second kappa shape index (κ2) is 13.8. The molecular formula is C26H34N4O6. The lowest BCUT2D eigenvalue weighted by molar-refractivity contribution is -0.142. The molecule has 2 rings (SSSR count). The number of carbonyl (C=O) groups is 4. The predicted octanol–water partition coefficient (Wildman–Crippen LogP) is 0.721. The van der Waals surface area contributed by atoms with Crippen molar-refractivity contribution < 1.29 is 29.4 Å². The molecule has 10 heteroatoms. The number of phenolic OH excluding ortho intramolecular Hbond substituents is 1. The molecule has 10 nitrogen and oxygen atoms in total. The van der Waals surface area contributed by atoms with Gasteiger partial charge in [-0.05, 0) is 29.2 Å². The molecule has 0 aromatic heterocycles. The van der Waals surface area contributed by atoms with Crippen molar-refractivity contribution in [1.82, 2.24) is 16.0 Å². The van der Waals surface area contributed by atoms with Crippen molar-refractivity contribution in [2.75, 3.05) is 6.54 Å². The van der Waals surface area contributed by atoms with Crippen LogP contribution < -0.4 is 21.7 Å². The Morgan fingerprint density at radius 3 is 1.94 bits per heavy atom. The molecule has 7 N–H and O–H groups in total. The van der Waals surface area contributed by atoms with Gasteiger partial charge in [0.25, 0.3) is 0 Å². The summed E-state index contributed by atoms with van der Waals surface area (Å²) in [5, 5.41) is 27.0. The second-order valence-corrected chi connectivity index (χ2v) is 8.66. The number of aromatic hydroxyl groups is 1. The number of hydrogen-bond donors (Lipinski definition) is 6. The zero-order valence-corrected chi connectivity index (χ0v) is 20.4. The van der Waals surface area contributed by atoms with E-state index in [4.69, 9.17) is 5.73 Å². The zero-order chi connectivity index (χ0) is 26.7. The number of aliphatic carboxylic acids is 1. The molecule has 36 heavy (non-hydrogen) atoms. The molecule has 0 heterocycles. The van der Waals surface area contributed by atoms with Crippen molar-refractivity contribution in [1.29, 1.82) is 0 Å². The van der Waals surface area contributed by atoms with Gasteiger partial charge in [0.15, 0.2) is 0 Å². The number of phenols is 1. The Morgan fingerprint density at radius 1 is 0.833 bits per heavy atom. The van der Waals surface area contributed by atoms with Crippen LogP contribution in [-0.4, -0.2) is 58.6 Å². The van der Waals surface area contributed by atoms with Crippen LogP contribution in [0.25, 0.3) is 0 Å². The molecule has 0 radical (unpaired) electrons. The van der Waals surface area contributed by atoms with E-state index in [0.29, 0.717) is 12.0 Å². The third-order valence-corrected chi connectivity index (χ3v) is 5.90. The molecule has 0 spiro atoms. The van der Waals surface area contributed by atoms with E-state index in [1.54, 1.807) is 43.3 Å². The lowest BCUT2D eigenvalue weighted by Crippen LogP contribution is -2.58. The number of hydrogen-bond acceptors (Lipinski definition) is 6. The highest BCUT2D eigenvalue weighted by Crippen LogP contribution is 2.13. The monoisotopic (exact) mass is 498 g/mol. The molecule has 194 valence electrons.